The average Bonchev–Trinajstić information content (AvgIpc) is 2.49. The molecule has 2 N–H and O–H groups in total. The smallest absolute Gasteiger partial charge is 0.232 e. The number of amides is 2. The highest BCUT2D eigenvalue weighted by atomic mass is 19.1. The first kappa shape index (κ1) is 14.2. The maximum atomic E-state index is 13.6. The highest BCUT2D eigenvalue weighted by Gasteiger charge is 2.30. The molecule has 1 aliphatic heterocycles. The van der Waals surface area contributed by atoms with Crippen LogP contribution >= 0.6 is 0 Å². The predicted molar refractivity (Wildman–Crippen MR) is 77.4 cm³/mol. The Morgan fingerprint density at radius 2 is 1.95 bits per heavy atom. The van der Waals surface area contributed by atoms with Gasteiger partial charge >= 0.3 is 0 Å². The van der Waals surface area contributed by atoms with E-state index >= 15 is 0 Å². The first-order valence-corrected chi connectivity index (χ1v) is 6.69. The van der Waals surface area contributed by atoms with Crippen LogP contribution < -0.4 is 10.6 Å². The normalized spacial score (nSPS) is 16.6. The van der Waals surface area contributed by atoms with Gasteiger partial charge in [-0.25, -0.2) is 8.78 Å². The van der Waals surface area contributed by atoms with Gasteiger partial charge in [0.1, 0.15) is 11.6 Å². The molecule has 0 radical (unpaired) electrons. The summed E-state index contributed by atoms with van der Waals surface area (Å²) in [6.07, 6.45) is -0.0222. The second-order valence-corrected chi connectivity index (χ2v) is 5.01. The lowest BCUT2D eigenvalue weighted by molar-refractivity contribution is -0.123. The van der Waals surface area contributed by atoms with E-state index in [-0.39, 0.29) is 18.0 Å². The van der Waals surface area contributed by atoms with Crippen LogP contribution in [-0.2, 0) is 9.59 Å². The van der Waals surface area contributed by atoms with E-state index in [1.54, 1.807) is 24.3 Å². The Hall–Kier alpha value is -2.76. The molecule has 2 aromatic carbocycles. The second-order valence-electron chi connectivity index (χ2n) is 5.01. The molecule has 0 bridgehead atoms. The molecular weight excluding hydrogens is 290 g/mol. The lowest BCUT2D eigenvalue weighted by Crippen LogP contribution is -2.30. The fourth-order valence-corrected chi connectivity index (χ4v) is 2.46. The second kappa shape index (κ2) is 5.55. The predicted octanol–water partition coefficient (Wildman–Crippen LogP) is 3.03. The third kappa shape index (κ3) is 2.67. The molecule has 1 atom stereocenters. The number of hydrogen-bond donors (Lipinski definition) is 2. The van der Waals surface area contributed by atoms with Crippen LogP contribution in [0.5, 0.6) is 0 Å². The van der Waals surface area contributed by atoms with Crippen molar-refractivity contribution in [3.8, 4) is 0 Å². The summed E-state index contributed by atoms with van der Waals surface area (Å²) in [4.78, 5) is 24.1. The molecule has 0 saturated carbocycles. The van der Waals surface area contributed by atoms with Crippen LogP contribution in [0.3, 0.4) is 0 Å². The van der Waals surface area contributed by atoms with Crippen LogP contribution in [0.1, 0.15) is 17.9 Å². The number of para-hydroxylation sites is 1. The number of halogens is 2. The van der Waals surface area contributed by atoms with E-state index in [4.69, 9.17) is 0 Å². The highest BCUT2D eigenvalue weighted by Crippen LogP contribution is 2.33. The van der Waals surface area contributed by atoms with Gasteiger partial charge in [-0.1, -0.05) is 18.2 Å². The molecule has 2 amide bonds. The van der Waals surface area contributed by atoms with Gasteiger partial charge in [0.2, 0.25) is 11.8 Å². The van der Waals surface area contributed by atoms with Crippen molar-refractivity contribution in [2.45, 2.75) is 12.3 Å². The van der Waals surface area contributed by atoms with Gasteiger partial charge in [-0.3, -0.25) is 9.59 Å². The molecule has 0 fully saturated rings. The third-order valence-electron chi connectivity index (χ3n) is 3.51. The van der Waals surface area contributed by atoms with Crippen molar-refractivity contribution in [3.05, 3.63) is 59.7 Å². The van der Waals surface area contributed by atoms with Gasteiger partial charge in [0.15, 0.2) is 0 Å². The first-order chi connectivity index (χ1) is 10.5. The molecule has 0 aliphatic carbocycles. The summed E-state index contributed by atoms with van der Waals surface area (Å²) in [5.41, 5.74) is 1.12. The van der Waals surface area contributed by atoms with Gasteiger partial charge < -0.3 is 10.6 Å². The van der Waals surface area contributed by atoms with Gasteiger partial charge in [-0.15, -0.1) is 0 Å². The molecule has 1 unspecified atom stereocenters. The number of nitrogens with one attached hydrogen (secondary N) is 2. The number of carbonyl (C=O) groups excluding carboxylic acids is 2. The molecule has 1 heterocycles. The molecule has 0 saturated heterocycles. The van der Waals surface area contributed by atoms with Crippen molar-refractivity contribution in [3.63, 3.8) is 0 Å². The Kier molecular flexibility index (Phi) is 3.58. The van der Waals surface area contributed by atoms with E-state index < -0.39 is 23.5 Å². The zero-order valence-electron chi connectivity index (χ0n) is 11.4. The Balaban J connectivity index is 1.88. The summed E-state index contributed by atoms with van der Waals surface area (Å²) in [6, 6.07) is 9.84. The largest absolute Gasteiger partial charge is 0.326 e. The summed E-state index contributed by atoms with van der Waals surface area (Å²) < 4.78 is 26.5. The van der Waals surface area contributed by atoms with E-state index in [0.717, 1.165) is 12.1 Å². The van der Waals surface area contributed by atoms with Crippen LogP contribution in [0.2, 0.25) is 0 Å². The molecule has 0 aromatic heterocycles. The van der Waals surface area contributed by atoms with Crippen LogP contribution in [0.15, 0.2) is 42.5 Å². The van der Waals surface area contributed by atoms with Crippen LogP contribution in [0.25, 0.3) is 0 Å². The maximum absolute atomic E-state index is 13.6. The molecular formula is C16H12F2N2O2. The van der Waals surface area contributed by atoms with E-state index in [0.29, 0.717) is 17.3 Å². The monoisotopic (exact) mass is 302 g/mol. The molecule has 6 heteroatoms. The van der Waals surface area contributed by atoms with Crippen molar-refractivity contribution in [2.24, 2.45) is 0 Å². The number of hydrogen-bond acceptors (Lipinski definition) is 2. The Bertz CT molecular complexity index is 762. The van der Waals surface area contributed by atoms with Crippen molar-refractivity contribution in [1.82, 2.24) is 0 Å². The van der Waals surface area contributed by atoms with Crippen molar-refractivity contribution < 1.29 is 18.4 Å². The van der Waals surface area contributed by atoms with Crippen molar-refractivity contribution in [2.75, 3.05) is 10.6 Å². The summed E-state index contributed by atoms with van der Waals surface area (Å²) in [5, 5.41) is 5.09. The van der Waals surface area contributed by atoms with Gasteiger partial charge in [-0.05, 0) is 23.8 Å². The summed E-state index contributed by atoms with van der Waals surface area (Å²) in [7, 11) is 0. The SMILES string of the molecule is O=C1CC(C(=O)Nc2ccc(F)cc2F)c2ccccc2N1. The third-order valence-corrected chi connectivity index (χ3v) is 3.51. The number of anilines is 2. The van der Waals surface area contributed by atoms with Gasteiger partial charge in [0.25, 0.3) is 0 Å². The molecule has 1 aliphatic rings. The topological polar surface area (TPSA) is 58.2 Å². The number of rotatable bonds is 2. The van der Waals surface area contributed by atoms with E-state index in [1.165, 1.54) is 0 Å². The maximum Gasteiger partial charge on any atom is 0.232 e. The molecule has 2 aromatic rings. The average molecular weight is 302 g/mol. The fraction of sp³-hybridized carbons (Fsp3) is 0.125. The van der Waals surface area contributed by atoms with E-state index in [2.05, 4.69) is 10.6 Å². The van der Waals surface area contributed by atoms with E-state index in [1.807, 2.05) is 0 Å². The fourth-order valence-electron chi connectivity index (χ4n) is 2.46. The molecule has 0 spiro atoms. The first-order valence-electron chi connectivity index (χ1n) is 6.69. The standard InChI is InChI=1S/C16H12F2N2O2/c17-9-5-6-14(12(18)7-9)20-16(22)11-8-15(21)19-13-4-2-1-3-10(11)13/h1-7,11H,8H2,(H,19,21)(H,20,22). The number of fused-ring (bicyclic) bond motifs is 1. The van der Waals surface area contributed by atoms with Crippen molar-refractivity contribution in [1.29, 1.82) is 0 Å². The summed E-state index contributed by atoms with van der Waals surface area (Å²) in [6.45, 7) is 0. The van der Waals surface area contributed by atoms with Gasteiger partial charge in [0.05, 0.1) is 11.6 Å². The zero-order valence-corrected chi connectivity index (χ0v) is 11.4. The van der Waals surface area contributed by atoms with Gasteiger partial charge in [0, 0.05) is 18.2 Å². The minimum atomic E-state index is -0.859. The minimum absolute atomic E-state index is 0.0222. The number of carbonyl (C=O) groups is 2. The highest BCUT2D eigenvalue weighted by molar-refractivity contribution is 6.05. The van der Waals surface area contributed by atoms with Crippen LogP contribution in [0.4, 0.5) is 20.2 Å². The molecule has 4 nitrogen and oxygen atoms in total. The minimum Gasteiger partial charge on any atom is -0.326 e. The quantitative estimate of drug-likeness (QED) is 0.896. The Morgan fingerprint density at radius 3 is 2.73 bits per heavy atom. The zero-order chi connectivity index (χ0) is 15.7. The summed E-state index contributed by atoms with van der Waals surface area (Å²) >= 11 is 0. The molecule has 3 rings (SSSR count). The van der Waals surface area contributed by atoms with Crippen LogP contribution in [0, 0.1) is 11.6 Å². The van der Waals surface area contributed by atoms with Crippen LogP contribution in [-0.4, -0.2) is 11.8 Å². The van der Waals surface area contributed by atoms with Gasteiger partial charge in [-0.2, -0.15) is 0 Å². The van der Waals surface area contributed by atoms with E-state index in [9.17, 15) is 18.4 Å². The molecule has 112 valence electrons. The Labute approximate surface area is 125 Å². The molecule has 22 heavy (non-hydrogen) atoms. The Morgan fingerprint density at radius 1 is 1.18 bits per heavy atom. The number of benzene rings is 2. The lowest BCUT2D eigenvalue weighted by Gasteiger charge is -2.24. The lowest BCUT2D eigenvalue weighted by atomic mass is 9.90. The van der Waals surface area contributed by atoms with Crippen molar-refractivity contribution >= 4 is 23.2 Å². The summed E-state index contributed by atoms with van der Waals surface area (Å²) in [5.74, 6) is -3.08.